The lowest BCUT2D eigenvalue weighted by molar-refractivity contribution is -0.153. The van der Waals surface area contributed by atoms with Crippen molar-refractivity contribution < 1.29 is 24.2 Å². The molecule has 2 fully saturated rings. The predicted octanol–water partition coefficient (Wildman–Crippen LogP) is 2.47. The third kappa shape index (κ3) is 3.55. The molecule has 1 N–H and O–H groups in total. The summed E-state index contributed by atoms with van der Waals surface area (Å²) in [4.78, 5) is 24.0. The van der Waals surface area contributed by atoms with E-state index in [-0.39, 0.29) is 12.6 Å². The van der Waals surface area contributed by atoms with Crippen molar-refractivity contribution >= 4 is 11.9 Å². The number of hydrogen-bond acceptors (Lipinski definition) is 5. The number of carbonyl (C=O) groups excluding carboxylic acids is 2. The van der Waals surface area contributed by atoms with Crippen LogP contribution < -0.4 is 0 Å². The van der Waals surface area contributed by atoms with Gasteiger partial charge in [0.15, 0.2) is 0 Å². The van der Waals surface area contributed by atoms with Crippen LogP contribution in [0.2, 0.25) is 0 Å². The summed E-state index contributed by atoms with van der Waals surface area (Å²) in [5.74, 6) is -1.29. The Morgan fingerprint density at radius 1 is 1.22 bits per heavy atom. The van der Waals surface area contributed by atoms with E-state index in [0.717, 1.165) is 19.3 Å². The molecule has 1 saturated carbocycles. The van der Waals surface area contributed by atoms with Crippen molar-refractivity contribution in [2.24, 2.45) is 5.92 Å². The van der Waals surface area contributed by atoms with Crippen LogP contribution in [0.5, 0.6) is 0 Å². The molecule has 1 aromatic rings. The molecule has 2 unspecified atom stereocenters. The van der Waals surface area contributed by atoms with Crippen molar-refractivity contribution in [3.8, 4) is 0 Å². The minimum Gasteiger partial charge on any atom is -0.458 e. The minimum absolute atomic E-state index is 0.0338. The number of carbonyl (C=O) groups is 2. The van der Waals surface area contributed by atoms with Gasteiger partial charge in [-0.2, -0.15) is 0 Å². The number of benzene rings is 1. The van der Waals surface area contributed by atoms with Gasteiger partial charge in [-0.3, -0.25) is 4.79 Å². The monoisotopic (exact) mass is 318 g/mol. The molecule has 124 valence electrons. The van der Waals surface area contributed by atoms with Crippen molar-refractivity contribution in [1.82, 2.24) is 0 Å². The molecule has 2 atom stereocenters. The average molecular weight is 318 g/mol. The number of rotatable bonds is 4. The molecule has 2 aliphatic rings. The smallest absolute Gasteiger partial charge is 0.338 e. The van der Waals surface area contributed by atoms with Crippen molar-refractivity contribution in [3.05, 3.63) is 35.9 Å². The zero-order chi connectivity index (χ0) is 16.3. The van der Waals surface area contributed by atoms with Crippen LogP contribution in [-0.4, -0.2) is 35.4 Å². The van der Waals surface area contributed by atoms with Crippen molar-refractivity contribution in [2.75, 3.05) is 6.61 Å². The zero-order valence-electron chi connectivity index (χ0n) is 13.1. The molecule has 23 heavy (non-hydrogen) atoms. The van der Waals surface area contributed by atoms with Gasteiger partial charge in [0.25, 0.3) is 0 Å². The maximum atomic E-state index is 12.1. The van der Waals surface area contributed by atoms with Crippen LogP contribution in [-0.2, 0) is 14.3 Å². The summed E-state index contributed by atoms with van der Waals surface area (Å²) in [5, 5.41) is 10.7. The molecule has 5 nitrogen and oxygen atoms in total. The first-order valence-electron chi connectivity index (χ1n) is 8.23. The molecule has 1 heterocycles. The Morgan fingerprint density at radius 2 is 1.91 bits per heavy atom. The van der Waals surface area contributed by atoms with Crippen molar-refractivity contribution in [1.29, 1.82) is 0 Å². The molecule has 1 aliphatic heterocycles. The Bertz CT molecular complexity index is 562. The highest BCUT2D eigenvalue weighted by Gasteiger charge is 2.48. The van der Waals surface area contributed by atoms with Crippen molar-refractivity contribution in [2.45, 2.75) is 50.2 Å². The van der Waals surface area contributed by atoms with Gasteiger partial charge < -0.3 is 14.6 Å². The standard InChI is InChI=1S/C18H22O5/c19-16(13-7-3-1-4-8-13)22-12-14-11-15(17(20)23-14)18(21)9-5-2-6-10-18/h1,3-4,7-8,14-15,21H,2,5-6,9-12H2. The molecule has 0 aromatic heterocycles. The van der Waals surface area contributed by atoms with Crippen molar-refractivity contribution in [3.63, 3.8) is 0 Å². The van der Waals surface area contributed by atoms with Gasteiger partial charge in [-0.25, -0.2) is 4.79 Å². The summed E-state index contributed by atoms with van der Waals surface area (Å²) >= 11 is 0. The summed E-state index contributed by atoms with van der Waals surface area (Å²) in [6.07, 6.45) is 4.21. The summed E-state index contributed by atoms with van der Waals surface area (Å²) in [6, 6.07) is 8.71. The van der Waals surface area contributed by atoms with Crippen LogP contribution in [0.15, 0.2) is 30.3 Å². The maximum absolute atomic E-state index is 12.1. The van der Waals surface area contributed by atoms with Gasteiger partial charge in [-0.05, 0) is 25.0 Å². The Morgan fingerprint density at radius 3 is 2.61 bits per heavy atom. The molecular formula is C18H22O5. The predicted molar refractivity (Wildman–Crippen MR) is 82.7 cm³/mol. The molecule has 1 aliphatic carbocycles. The molecule has 0 spiro atoms. The molecule has 3 rings (SSSR count). The number of aliphatic hydroxyl groups is 1. The van der Waals surface area contributed by atoms with E-state index in [1.54, 1.807) is 24.3 Å². The number of cyclic esters (lactones) is 1. The fourth-order valence-corrected chi connectivity index (χ4v) is 3.53. The largest absolute Gasteiger partial charge is 0.458 e. The van der Waals surface area contributed by atoms with Gasteiger partial charge in [-0.15, -0.1) is 0 Å². The van der Waals surface area contributed by atoms with E-state index in [1.807, 2.05) is 6.07 Å². The second-order valence-electron chi connectivity index (χ2n) is 6.48. The van der Waals surface area contributed by atoms with Gasteiger partial charge in [-0.1, -0.05) is 37.5 Å². The van der Waals surface area contributed by atoms with Gasteiger partial charge in [0.1, 0.15) is 12.7 Å². The third-order valence-corrected chi connectivity index (χ3v) is 4.84. The minimum atomic E-state index is -0.951. The lowest BCUT2D eigenvalue weighted by Gasteiger charge is -2.35. The van der Waals surface area contributed by atoms with E-state index in [9.17, 15) is 14.7 Å². The molecule has 0 radical (unpaired) electrons. The molecular weight excluding hydrogens is 296 g/mol. The first-order chi connectivity index (χ1) is 11.1. The summed E-state index contributed by atoms with van der Waals surface area (Å²) < 4.78 is 10.5. The van der Waals surface area contributed by atoms with E-state index in [0.29, 0.717) is 24.8 Å². The van der Waals surface area contributed by atoms with Crippen LogP contribution in [0.25, 0.3) is 0 Å². The molecule has 0 amide bonds. The summed E-state index contributed by atoms with van der Waals surface area (Å²) in [6.45, 7) is 0.0338. The quantitative estimate of drug-likeness (QED) is 0.863. The SMILES string of the molecule is O=C(OCC1CC(C2(O)CCCCC2)C(=O)O1)c1ccccc1. The second kappa shape index (κ2) is 6.71. The first-order valence-corrected chi connectivity index (χ1v) is 8.23. The number of hydrogen-bond donors (Lipinski definition) is 1. The van der Waals surface area contributed by atoms with Crippen LogP contribution >= 0.6 is 0 Å². The van der Waals surface area contributed by atoms with Crippen LogP contribution in [0.3, 0.4) is 0 Å². The Balaban J connectivity index is 1.55. The van der Waals surface area contributed by atoms with Gasteiger partial charge in [0.2, 0.25) is 0 Å². The Labute approximate surface area is 135 Å². The van der Waals surface area contributed by atoms with Crippen LogP contribution in [0.4, 0.5) is 0 Å². The molecule has 1 aromatic carbocycles. The highest BCUT2D eigenvalue weighted by molar-refractivity contribution is 5.89. The first kappa shape index (κ1) is 16.0. The van der Waals surface area contributed by atoms with Gasteiger partial charge in [0.05, 0.1) is 17.1 Å². The average Bonchev–Trinajstić information content (AvgIpc) is 2.96. The molecule has 0 bridgehead atoms. The highest BCUT2D eigenvalue weighted by atomic mass is 16.6. The van der Waals surface area contributed by atoms with E-state index < -0.39 is 23.6 Å². The fourth-order valence-electron chi connectivity index (χ4n) is 3.53. The summed E-state index contributed by atoms with van der Waals surface area (Å²) in [7, 11) is 0. The highest BCUT2D eigenvalue weighted by Crippen LogP contribution is 2.40. The fraction of sp³-hybridized carbons (Fsp3) is 0.556. The second-order valence-corrected chi connectivity index (χ2v) is 6.48. The third-order valence-electron chi connectivity index (χ3n) is 4.84. The topological polar surface area (TPSA) is 72.8 Å². The molecule has 1 saturated heterocycles. The van der Waals surface area contributed by atoms with E-state index in [4.69, 9.17) is 9.47 Å². The molecule has 5 heteroatoms. The summed E-state index contributed by atoms with van der Waals surface area (Å²) in [5.41, 5.74) is -0.479. The van der Waals surface area contributed by atoms with Crippen LogP contribution in [0, 0.1) is 5.92 Å². The van der Waals surface area contributed by atoms with Crippen LogP contribution in [0.1, 0.15) is 48.9 Å². The zero-order valence-corrected chi connectivity index (χ0v) is 13.1. The van der Waals surface area contributed by atoms with E-state index in [1.165, 1.54) is 0 Å². The maximum Gasteiger partial charge on any atom is 0.338 e. The lowest BCUT2D eigenvalue weighted by Crippen LogP contribution is -2.42. The van der Waals surface area contributed by atoms with E-state index in [2.05, 4.69) is 0 Å². The van der Waals surface area contributed by atoms with E-state index >= 15 is 0 Å². The normalized spacial score (nSPS) is 26.6. The van der Waals surface area contributed by atoms with Gasteiger partial charge in [0, 0.05) is 6.42 Å². The Hall–Kier alpha value is -1.88. The lowest BCUT2D eigenvalue weighted by atomic mass is 9.74. The number of esters is 2. The van der Waals surface area contributed by atoms with Gasteiger partial charge >= 0.3 is 11.9 Å². The Kier molecular flexibility index (Phi) is 4.66. The number of ether oxygens (including phenoxy) is 2.